The second kappa shape index (κ2) is 4.65. The van der Waals surface area contributed by atoms with Crippen LogP contribution in [0.5, 0.6) is 0 Å². The van der Waals surface area contributed by atoms with Gasteiger partial charge in [-0.1, -0.05) is 12.2 Å². The van der Waals surface area contributed by atoms with Crippen molar-refractivity contribution < 1.29 is 13.9 Å². The Morgan fingerprint density at radius 1 is 1.30 bits per heavy atom. The molecule has 0 aliphatic rings. The van der Waals surface area contributed by atoms with E-state index in [-0.39, 0.29) is 0 Å². The smallest absolute Gasteiger partial charge is 0.336 e. The maximum absolute atomic E-state index is 11.5. The van der Waals surface area contributed by atoms with Gasteiger partial charge in [0.15, 0.2) is 0 Å². The number of hydrogen-bond donors (Lipinski definition) is 1. The van der Waals surface area contributed by atoms with Crippen molar-refractivity contribution in [1.29, 1.82) is 0 Å². The summed E-state index contributed by atoms with van der Waals surface area (Å²) >= 11 is 0. The van der Waals surface area contributed by atoms with E-state index in [1.54, 1.807) is 19.3 Å². The van der Waals surface area contributed by atoms with Crippen molar-refractivity contribution in [2.75, 3.05) is 0 Å². The van der Waals surface area contributed by atoms with Gasteiger partial charge >= 0.3 is 5.63 Å². The molecule has 1 aromatic carbocycles. The summed E-state index contributed by atoms with van der Waals surface area (Å²) in [5, 5.41) is 11.8. The summed E-state index contributed by atoms with van der Waals surface area (Å²) in [6.07, 6.45) is 1.17. The van der Waals surface area contributed by atoms with E-state index < -0.39 is 11.7 Å². The summed E-state index contributed by atoms with van der Waals surface area (Å²) < 4.78 is 10.8. The van der Waals surface area contributed by atoms with E-state index in [1.165, 1.54) is 6.07 Å². The van der Waals surface area contributed by atoms with Gasteiger partial charge in [0.05, 0.1) is 12.4 Å². The molecule has 0 fully saturated rings. The molecule has 2 aromatic heterocycles. The van der Waals surface area contributed by atoms with Crippen molar-refractivity contribution in [2.24, 2.45) is 0 Å². The van der Waals surface area contributed by atoms with Crippen molar-refractivity contribution in [3.63, 3.8) is 0 Å². The zero-order valence-corrected chi connectivity index (χ0v) is 11.1. The third-order valence-corrected chi connectivity index (χ3v) is 3.39. The highest BCUT2D eigenvalue weighted by Crippen LogP contribution is 2.30. The van der Waals surface area contributed by atoms with Crippen LogP contribution in [0.25, 0.3) is 21.9 Å². The summed E-state index contributed by atoms with van der Waals surface area (Å²) in [5.74, 6) is 0. The molecule has 3 aromatic rings. The van der Waals surface area contributed by atoms with Crippen molar-refractivity contribution >= 4 is 21.9 Å². The van der Waals surface area contributed by atoms with Gasteiger partial charge in [-0.05, 0) is 25.1 Å². The number of fused-ring (bicyclic) bond motifs is 2. The lowest BCUT2D eigenvalue weighted by molar-refractivity contribution is 0.212. The van der Waals surface area contributed by atoms with Crippen LogP contribution in [0.4, 0.5) is 0 Å². The Labute approximate surface area is 114 Å². The maximum atomic E-state index is 11.5. The lowest BCUT2D eigenvalue weighted by Crippen LogP contribution is -2.12. The molecular weight excluding hydrogens is 256 g/mol. The van der Waals surface area contributed by atoms with E-state index in [0.29, 0.717) is 28.7 Å². The van der Waals surface area contributed by atoms with Crippen LogP contribution >= 0.6 is 0 Å². The van der Waals surface area contributed by atoms with Gasteiger partial charge in [-0.15, -0.1) is 0 Å². The molecule has 0 aliphatic heterocycles. The summed E-state index contributed by atoms with van der Waals surface area (Å²) in [6.45, 7) is 5.50. The second-order valence-corrected chi connectivity index (χ2v) is 4.93. The predicted molar refractivity (Wildman–Crippen MR) is 76.8 cm³/mol. The van der Waals surface area contributed by atoms with Crippen molar-refractivity contribution in [2.45, 2.75) is 19.4 Å². The first-order valence-corrected chi connectivity index (χ1v) is 6.32. The Hall–Kier alpha value is -2.33. The summed E-state index contributed by atoms with van der Waals surface area (Å²) in [7, 11) is 0. The van der Waals surface area contributed by atoms with Gasteiger partial charge in [0.2, 0.25) is 0 Å². The normalized spacial score (nSPS) is 12.9. The average Bonchev–Trinajstić information content (AvgIpc) is 2.86. The molecule has 0 amide bonds. The van der Waals surface area contributed by atoms with Crippen LogP contribution in [0.2, 0.25) is 0 Å². The predicted octanol–water partition coefficient (Wildman–Crippen LogP) is 3.02. The van der Waals surface area contributed by atoms with Gasteiger partial charge in [-0.25, -0.2) is 4.79 Å². The van der Waals surface area contributed by atoms with Crippen LogP contribution in [0, 0.1) is 0 Å². The summed E-state index contributed by atoms with van der Waals surface area (Å²) in [6, 6.07) is 6.84. The molecule has 0 bridgehead atoms. The van der Waals surface area contributed by atoms with Gasteiger partial charge in [0.25, 0.3) is 0 Å². The van der Waals surface area contributed by atoms with Crippen LogP contribution in [0.1, 0.15) is 12.5 Å². The first-order chi connectivity index (χ1) is 9.56. The number of rotatable bonds is 3. The number of furan rings is 1. The molecule has 4 nitrogen and oxygen atoms in total. The van der Waals surface area contributed by atoms with Crippen molar-refractivity contribution in [3.8, 4) is 0 Å². The number of aliphatic hydroxyl groups excluding tert-OH is 1. The van der Waals surface area contributed by atoms with Crippen LogP contribution in [-0.2, 0) is 6.42 Å². The minimum Gasteiger partial charge on any atom is -0.464 e. The highest BCUT2D eigenvalue weighted by Gasteiger charge is 2.17. The molecule has 0 saturated carbocycles. The quantitative estimate of drug-likeness (QED) is 0.587. The summed E-state index contributed by atoms with van der Waals surface area (Å²) in [4.78, 5) is 11.5. The van der Waals surface area contributed by atoms with Crippen molar-refractivity contribution in [3.05, 3.63) is 58.7 Å². The monoisotopic (exact) mass is 270 g/mol. The van der Waals surface area contributed by atoms with Crippen LogP contribution < -0.4 is 5.63 Å². The standard InChI is InChI=1S/C16H14O4/c1-9(2)13(17)8-12-15-11(5-6-19-15)7-10-3-4-14(18)20-16(10)12/h3-7,13,17H,1,8H2,2H3. The lowest BCUT2D eigenvalue weighted by Gasteiger charge is -2.12. The number of hydrogen-bond acceptors (Lipinski definition) is 4. The molecule has 20 heavy (non-hydrogen) atoms. The summed E-state index contributed by atoms with van der Waals surface area (Å²) in [5.41, 5.74) is 2.01. The first-order valence-electron chi connectivity index (χ1n) is 6.32. The van der Waals surface area contributed by atoms with Crippen LogP contribution in [0.3, 0.4) is 0 Å². The van der Waals surface area contributed by atoms with Crippen LogP contribution in [-0.4, -0.2) is 11.2 Å². The molecule has 3 rings (SSSR count). The fraction of sp³-hybridized carbons (Fsp3) is 0.188. The minimum atomic E-state index is -0.709. The van der Waals surface area contributed by atoms with Gasteiger partial charge in [-0.2, -0.15) is 0 Å². The van der Waals surface area contributed by atoms with Gasteiger partial charge in [0, 0.05) is 28.8 Å². The molecule has 0 aliphatic carbocycles. The van der Waals surface area contributed by atoms with E-state index in [9.17, 15) is 9.90 Å². The Morgan fingerprint density at radius 3 is 2.80 bits per heavy atom. The average molecular weight is 270 g/mol. The number of aliphatic hydroxyl groups is 1. The van der Waals surface area contributed by atoms with E-state index in [1.807, 2.05) is 12.1 Å². The molecule has 1 N–H and O–H groups in total. The van der Waals surface area contributed by atoms with Crippen LogP contribution in [0.15, 0.2) is 56.3 Å². The molecular formula is C16H14O4. The zero-order chi connectivity index (χ0) is 14.3. The first kappa shape index (κ1) is 12.7. The Kier molecular flexibility index (Phi) is 2.95. The van der Waals surface area contributed by atoms with E-state index in [4.69, 9.17) is 8.83 Å². The van der Waals surface area contributed by atoms with Gasteiger partial charge in [-0.3, -0.25) is 0 Å². The molecule has 4 heteroatoms. The van der Waals surface area contributed by atoms with E-state index in [0.717, 1.165) is 10.8 Å². The third-order valence-electron chi connectivity index (χ3n) is 3.39. The Bertz CT molecular complexity index is 854. The second-order valence-electron chi connectivity index (χ2n) is 4.93. The molecule has 0 radical (unpaired) electrons. The SMILES string of the molecule is C=C(C)C(O)Cc1c2occc2cc2ccc(=O)oc12. The minimum absolute atomic E-state index is 0.295. The highest BCUT2D eigenvalue weighted by atomic mass is 16.4. The topological polar surface area (TPSA) is 63.6 Å². The van der Waals surface area contributed by atoms with Gasteiger partial charge < -0.3 is 13.9 Å². The zero-order valence-electron chi connectivity index (χ0n) is 11.1. The molecule has 0 saturated heterocycles. The van der Waals surface area contributed by atoms with Gasteiger partial charge in [0.1, 0.15) is 11.2 Å². The maximum Gasteiger partial charge on any atom is 0.336 e. The molecule has 1 unspecified atom stereocenters. The van der Waals surface area contributed by atoms with Crippen molar-refractivity contribution in [1.82, 2.24) is 0 Å². The molecule has 102 valence electrons. The Morgan fingerprint density at radius 2 is 2.05 bits per heavy atom. The number of benzene rings is 1. The highest BCUT2D eigenvalue weighted by molar-refractivity contribution is 5.97. The van der Waals surface area contributed by atoms with E-state index in [2.05, 4.69) is 6.58 Å². The Balaban J connectivity index is 2.32. The molecule has 1 atom stereocenters. The fourth-order valence-corrected chi connectivity index (χ4v) is 2.28. The third kappa shape index (κ3) is 2.04. The van der Waals surface area contributed by atoms with E-state index >= 15 is 0 Å². The molecule has 2 heterocycles. The largest absolute Gasteiger partial charge is 0.464 e. The molecule has 0 spiro atoms. The fourth-order valence-electron chi connectivity index (χ4n) is 2.28. The lowest BCUT2D eigenvalue weighted by atomic mass is 9.99.